The van der Waals surface area contributed by atoms with Crippen molar-refractivity contribution in [3.63, 3.8) is 0 Å². The van der Waals surface area contributed by atoms with Gasteiger partial charge in [-0.15, -0.1) is 0 Å². The van der Waals surface area contributed by atoms with Crippen molar-refractivity contribution in [2.24, 2.45) is 0 Å². The number of piperazine rings is 1. The zero-order valence-electron chi connectivity index (χ0n) is 17.5. The largest absolute Gasteiger partial charge is 0.353 e. The van der Waals surface area contributed by atoms with E-state index in [1.807, 2.05) is 66.9 Å². The highest BCUT2D eigenvalue weighted by atomic mass is 16.2. The van der Waals surface area contributed by atoms with Crippen molar-refractivity contribution in [2.45, 2.75) is 0 Å². The molecule has 2 aromatic carbocycles. The number of benzene rings is 2. The van der Waals surface area contributed by atoms with Crippen LogP contribution in [0.4, 0.5) is 27.9 Å². The van der Waals surface area contributed by atoms with E-state index in [9.17, 15) is 4.79 Å². The maximum atomic E-state index is 12.4. The van der Waals surface area contributed by atoms with Crippen LogP contribution in [0, 0.1) is 0 Å². The number of aromatic nitrogens is 3. The van der Waals surface area contributed by atoms with E-state index in [4.69, 9.17) is 0 Å². The highest BCUT2D eigenvalue weighted by molar-refractivity contribution is 6.01. The van der Waals surface area contributed by atoms with Crippen LogP contribution in [-0.2, 0) is 0 Å². The van der Waals surface area contributed by atoms with Crippen LogP contribution in [0.1, 0.15) is 0 Å². The lowest BCUT2D eigenvalue weighted by Gasteiger charge is -2.35. The third-order valence-electron chi connectivity index (χ3n) is 5.44. The molecule has 4 aromatic rings. The number of carbonyl (C=O) groups is 1. The second-order valence-electron chi connectivity index (χ2n) is 7.57. The van der Waals surface area contributed by atoms with Crippen molar-refractivity contribution in [1.29, 1.82) is 0 Å². The molecule has 0 saturated carbocycles. The number of anilines is 4. The van der Waals surface area contributed by atoms with Crippen LogP contribution in [0.25, 0.3) is 10.8 Å². The maximum Gasteiger partial charge on any atom is 0.323 e. The first-order valence-corrected chi connectivity index (χ1v) is 10.5. The fourth-order valence-electron chi connectivity index (χ4n) is 3.79. The zero-order chi connectivity index (χ0) is 21.8. The molecule has 0 aliphatic carbocycles. The molecule has 0 atom stereocenters. The fourth-order valence-corrected chi connectivity index (χ4v) is 3.79. The molecule has 5 rings (SSSR count). The summed E-state index contributed by atoms with van der Waals surface area (Å²) in [5.74, 6) is 1.65. The molecule has 2 N–H and O–H groups in total. The smallest absolute Gasteiger partial charge is 0.323 e. The molecule has 0 radical (unpaired) electrons. The third-order valence-corrected chi connectivity index (χ3v) is 5.44. The first-order valence-electron chi connectivity index (χ1n) is 10.5. The number of hydrogen-bond donors (Lipinski definition) is 2. The van der Waals surface area contributed by atoms with Gasteiger partial charge in [0.2, 0.25) is 5.95 Å². The van der Waals surface area contributed by atoms with Crippen molar-refractivity contribution in [2.75, 3.05) is 46.6 Å². The van der Waals surface area contributed by atoms with Crippen molar-refractivity contribution >= 4 is 39.9 Å². The molecule has 160 valence electrons. The lowest BCUT2D eigenvalue weighted by molar-refractivity contribution is 0.262. The van der Waals surface area contributed by atoms with Crippen LogP contribution in [-0.4, -0.2) is 47.2 Å². The monoisotopic (exact) mass is 425 g/mol. The lowest BCUT2D eigenvalue weighted by atomic mass is 10.1. The highest BCUT2D eigenvalue weighted by Gasteiger charge is 2.19. The van der Waals surface area contributed by atoms with Crippen LogP contribution in [0.3, 0.4) is 0 Å². The second-order valence-corrected chi connectivity index (χ2v) is 7.57. The minimum absolute atomic E-state index is 0.333. The van der Waals surface area contributed by atoms with Crippen LogP contribution >= 0.6 is 0 Å². The summed E-state index contributed by atoms with van der Waals surface area (Å²) < 4.78 is 0. The van der Waals surface area contributed by atoms with E-state index in [2.05, 4.69) is 35.4 Å². The number of nitrogens with one attached hydrogen (secondary N) is 2. The van der Waals surface area contributed by atoms with E-state index in [0.717, 1.165) is 48.5 Å². The number of rotatable bonds is 4. The molecule has 1 aliphatic heterocycles. The number of hydrogen-bond acceptors (Lipinski definition) is 6. The van der Waals surface area contributed by atoms with Gasteiger partial charge in [-0.25, -0.2) is 19.7 Å². The molecule has 0 unspecified atom stereocenters. The molecule has 32 heavy (non-hydrogen) atoms. The average molecular weight is 425 g/mol. The number of amides is 2. The first kappa shape index (κ1) is 19.7. The van der Waals surface area contributed by atoms with E-state index >= 15 is 0 Å². The minimum atomic E-state index is -0.333. The molecule has 8 heteroatoms. The van der Waals surface area contributed by atoms with E-state index in [1.165, 1.54) is 0 Å². The maximum absolute atomic E-state index is 12.4. The number of fused-ring (bicyclic) bond motifs is 1. The normalized spacial score (nSPS) is 13.8. The van der Waals surface area contributed by atoms with Gasteiger partial charge in [-0.3, -0.25) is 0 Å². The van der Waals surface area contributed by atoms with Gasteiger partial charge >= 0.3 is 6.03 Å². The second kappa shape index (κ2) is 8.89. The first-order chi connectivity index (χ1) is 15.7. The van der Waals surface area contributed by atoms with Gasteiger partial charge in [0.25, 0.3) is 0 Å². The predicted octanol–water partition coefficient (Wildman–Crippen LogP) is 4.00. The van der Waals surface area contributed by atoms with E-state index in [1.54, 1.807) is 12.4 Å². The quantitative estimate of drug-likeness (QED) is 0.514. The molecule has 2 aromatic heterocycles. The molecule has 2 amide bonds. The summed E-state index contributed by atoms with van der Waals surface area (Å²) >= 11 is 0. The Morgan fingerprint density at radius 3 is 2.16 bits per heavy atom. The Bertz CT molecular complexity index is 1210. The Kier molecular flexibility index (Phi) is 5.48. The van der Waals surface area contributed by atoms with Crippen LogP contribution in [0.2, 0.25) is 0 Å². The van der Waals surface area contributed by atoms with Crippen molar-refractivity contribution in [1.82, 2.24) is 15.0 Å². The Labute approximate surface area is 185 Å². The summed E-state index contributed by atoms with van der Waals surface area (Å²) in [6.07, 6.45) is 5.08. The molecular weight excluding hydrogens is 402 g/mol. The van der Waals surface area contributed by atoms with Gasteiger partial charge in [0.1, 0.15) is 5.82 Å². The lowest BCUT2D eigenvalue weighted by Crippen LogP contribution is -2.47. The van der Waals surface area contributed by atoms with Gasteiger partial charge in [-0.2, -0.15) is 0 Å². The molecule has 0 bridgehead atoms. The highest BCUT2D eigenvalue weighted by Crippen LogP contribution is 2.20. The number of urea groups is 1. The van der Waals surface area contributed by atoms with Crippen molar-refractivity contribution < 1.29 is 4.79 Å². The Morgan fingerprint density at radius 2 is 1.41 bits per heavy atom. The number of nitrogens with zero attached hydrogens (tertiary/aromatic N) is 5. The molecular formula is C24H23N7O. The van der Waals surface area contributed by atoms with Gasteiger partial charge in [-0.1, -0.05) is 36.4 Å². The minimum Gasteiger partial charge on any atom is -0.353 e. The van der Waals surface area contributed by atoms with Crippen molar-refractivity contribution in [3.05, 3.63) is 79.3 Å². The van der Waals surface area contributed by atoms with Gasteiger partial charge in [0, 0.05) is 38.1 Å². The summed E-state index contributed by atoms with van der Waals surface area (Å²) in [6.45, 7) is 3.33. The average Bonchev–Trinajstić information content (AvgIpc) is 2.85. The molecule has 1 aliphatic rings. The Morgan fingerprint density at radius 1 is 0.719 bits per heavy atom. The van der Waals surface area contributed by atoms with Crippen LogP contribution in [0.5, 0.6) is 0 Å². The molecule has 0 spiro atoms. The van der Waals surface area contributed by atoms with Crippen molar-refractivity contribution in [3.8, 4) is 0 Å². The molecule has 8 nitrogen and oxygen atoms in total. The predicted molar refractivity (Wildman–Crippen MR) is 127 cm³/mol. The number of pyridine rings is 1. The van der Waals surface area contributed by atoms with E-state index in [0.29, 0.717) is 11.6 Å². The summed E-state index contributed by atoms with van der Waals surface area (Å²) in [5, 5.41) is 7.84. The van der Waals surface area contributed by atoms with E-state index < -0.39 is 0 Å². The van der Waals surface area contributed by atoms with Gasteiger partial charge in [0.05, 0.1) is 18.1 Å². The molecule has 1 fully saturated rings. The Hall–Kier alpha value is -4.20. The standard InChI is InChI=1S/C24H23N7O/c32-24(28-20-9-8-18-5-1-2-6-19(18)15-20)29-21-16-26-23(27-17-21)31-13-11-30(12-14-31)22-7-3-4-10-25-22/h1-10,15-17H,11-14H2,(H2,28,29,32). The van der Waals surface area contributed by atoms with Crippen LogP contribution < -0.4 is 20.4 Å². The van der Waals surface area contributed by atoms with Gasteiger partial charge < -0.3 is 20.4 Å². The van der Waals surface area contributed by atoms with Crippen LogP contribution in [0.15, 0.2) is 79.3 Å². The summed E-state index contributed by atoms with van der Waals surface area (Å²) in [6, 6.07) is 19.4. The SMILES string of the molecule is O=C(Nc1cnc(N2CCN(c3ccccn3)CC2)nc1)Nc1ccc2ccccc2c1. The fraction of sp³-hybridized carbons (Fsp3) is 0.167. The Balaban J connectivity index is 1.16. The van der Waals surface area contributed by atoms with Gasteiger partial charge in [0.15, 0.2) is 0 Å². The zero-order valence-corrected chi connectivity index (χ0v) is 17.5. The van der Waals surface area contributed by atoms with E-state index in [-0.39, 0.29) is 6.03 Å². The number of carbonyl (C=O) groups excluding carboxylic acids is 1. The summed E-state index contributed by atoms with van der Waals surface area (Å²) in [7, 11) is 0. The summed E-state index contributed by atoms with van der Waals surface area (Å²) in [4.78, 5) is 30.1. The topological polar surface area (TPSA) is 86.3 Å². The van der Waals surface area contributed by atoms with Gasteiger partial charge in [-0.05, 0) is 35.0 Å². The molecule has 3 heterocycles. The molecule has 1 saturated heterocycles. The summed E-state index contributed by atoms with van der Waals surface area (Å²) in [5.41, 5.74) is 1.27. The third kappa shape index (κ3) is 4.44.